The quantitative estimate of drug-likeness (QED) is 0.311. The van der Waals surface area contributed by atoms with Gasteiger partial charge in [0.1, 0.15) is 22.0 Å². The molecule has 0 bridgehead atoms. The molecule has 4 aromatic rings. The van der Waals surface area contributed by atoms with E-state index in [1.54, 1.807) is 12.1 Å². The van der Waals surface area contributed by atoms with Crippen molar-refractivity contribution in [1.29, 1.82) is 0 Å². The summed E-state index contributed by atoms with van der Waals surface area (Å²) in [5.41, 5.74) is 2.97. The third-order valence-electron chi connectivity index (χ3n) is 4.32. The number of thiophene rings is 1. The molecule has 2 aromatic heterocycles. The van der Waals surface area contributed by atoms with Crippen LogP contribution in [0.1, 0.15) is 5.56 Å². The zero-order valence-electron chi connectivity index (χ0n) is 15.5. The van der Waals surface area contributed by atoms with Crippen LogP contribution in [0.3, 0.4) is 0 Å². The summed E-state index contributed by atoms with van der Waals surface area (Å²) in [5.74, 6) is 0.192. The number of benzene rings is 2. The summed E-state index contributed by atoms with van der Waals surface area (Å²) in [6.07, 6.45) is 0.926. The van der Waals surface area contributed by atoms with Gasteiger partial charge in [-0.05, 0) is 23.3 Å². The second-order valence-electron chi connectivity index (χ2n) is 6.48. The maximum Gasteiger partial charge on any atom is 0.128 e. The van der Waals surface area contributed by atoms with Gasteiger partial charge in [-0.3, -0.25) is 0 Å². The lowest BCUT2D eigenvalue weighted by Gasteiger charge is -2.11. The highest BCUT2D eigenvalue weighted by Crippen LogP contribution is 2.38. The lowest BCUT2D eigenvalue weighted by atomic mass is 10.1. The largest absolute Gasteiger partial charge is 0.390 e. The Morgan fingerprint density at radius 3 is 2.66 bits per heavy atom. The molecular weight excluding hydrogens is 407 g/mol. The molecule has 29 heavy (non-hydrogen) atoms. The van der Waals surface area contributed by atoms with Crippen molar-refractivity contribution in [2.24, 2.45) is 0 Å². The number of thioether (sulfide) groups is 1. The maximum absolute atomic E-state index is 13.3. The number of hydrogen-bond acceptors (Lipinski definition) is 6. The number of aromatic nitrogens is 2. The Morgan fingerprint density at radius 1 is 1.07 bits per heavy atom. The third kappa shape index (κ3) is 5.00. The predicted molar refractivity (Wildman–Crippen MR) is 116 cm³/mol. The summed E-state index contributed by atoms with van der Waals surface area (Å²) in [6.45, 7) is 0.726. The number of nitrogens with zero attached hydrogens (tertiary/aromatic N) is 2. The first-order valence-electron chi connectivity index (χ1n) is 9.11. The van der Waals surface area contributed by atoms with Gasteiger partial charge in [-0.25, -0.2) is 14.4 Å². The Labute approximate surface area is 176 Å². The SMILES string of the molecule is O[C@H](COCc1ccccc1)CSc1ncnc2scc(-c3ccc(F)cc3)c12. The van der Waals surface area contributed by atoms with E-state index in [0.29, 0.717) is 12.4 Å². The second kappa shape index (κ2) is 9.45. The molecule has 0 radical (unpaired) electrons. The molecule has 2 aromatic carbocycles. The first-order valence-corrected chi connectivity index (χ1v) is 11.0. The van der Waals surface area contributed by atoms with Crippen LogP contribution in [-0.4, -0.2) is 33.5 Å². The van der Waals surface area contributed by atoms with Crippen LogP contribution in [0.5, 0.6) is 0 Å². The lowest BCUT2D eigenvalue weighted by molar-refractivity contribution is 0.0398. The molecule has 4 nitrogen and oxygen atoms in total. The van der Waals surface area contributed by atoms with Crippen molar-refractivity contribution >= 4 is 33.3 Å². The van der Waals surface area contributed by atoms with Crippen molar-refractivity contribution in [2.75, 3.05) is 12.4 Å². The fraction of sp³-hybridized carbons (Fsp3) is 0.182. The Balaban J connectivity index is 1.42. The van der Waals surface area contributed by atoms with Crippen LogP contribution in [0.15, 0.2) is 71.3 Å². The minimum atomic E-state index is -0.610. The number of ether oxygens (including phenoxy) is 1. The zero-order valence-corrected chi connectivity index (χ0v) is 17.1. The standard InChI is InChI=1S/C22H19FN2O2S2/c23-17-8-6-16(7-9-17)19-13-29-22-20(19)21(24-14-25-22)28-12-18(26)11-27-10-15-4-2-1-3-5-15/h1-9,13-14,18,26H,10-12H2/t18-/m1/s1. The van der Waals surface area contributed by atoms with Crippen LogP contribution in [0, 0.1) is 5.82 Å². The number of aliphatic hydroxyl groups excluding tert-OH is 1. The maximum atomic E-state index is 13.3. The van der Waals surface area contributed by atoms with Gasteiger partial charge in [-0.15, -0.1) is 23.1 Å². The summed E-state index contributed by atoms with van der Waals surface area (Å²) in [5, 5.41) is 14.0. The molecule has 0 aliphatic heterocycles. The Hall–Kier alpha value is -2.32. The molecule has 0 amide bonds. The number of aliphatic hydroxyl groups is 1. The van der Waals surface area contributed by atoms with Crippen molar-refractivity contribution in [1.82, 2.24) is 9.97 Å². The van der Waals surface area contributed by atoms with Crippen molar-refractivity contribution < 1.29 is 14.2 Å². The molecule has 1 N–H and O–H groups in total. The first kappa shape index (κ1) is 20.0. The van der Waals surface area contributed by atoms with Crippen LogP contribution in [-0.2, 0) is 11.3 Å². The van der Waals surface area contributed by atoms with E-state index in [9.17, 15) is 9.50 Å². The van der Waals surface area contributed by atoms with E-state index in [0.717, 1.165) is 31.9 Å². The van der Waals surface area contributed by atoms with E-state index < -0.39 is 6.10 Å². The molecule has 0 spiro atoms. The summed E-state index contributed by atoms with van der Waals surface area (Å²) in [6, 6.07) is 16.3. The molecule has 0 fully saturated rings. The minimum Gasteiger partial charge on any atom is -0.390 e. The smallest absolute Gasteiger partial charge is 0.128 e. The monoisotopic (exact) mass is 426 g/mol. The average Bonchev–Trinajstić information content (AvgIpc) is 3.18. The molecule has 0 aliphatic carbocycles. The number of hydrogen-bond donors (Lipinski definition) is 1. The van der Waals surface area contributed by atoms with Gasteiger partial charge in [-0.2, -0.15) is 0 Å². The van der Waals surface area contributed by atoms with Crippen LogP contribution >= 0.6 is 23.1 Å². The summed E-state index contributed by atoms with van der Waals surface area (Å²) < 4.78 is 18.9. The molecule has 148 valence electrons. The van der Waals surface area contributed by atoms with Crippen molar-refractivity contribution in [3.05, 3.63) is 77.7 Å². The topological polar surface area (TPSA) is 55.2 Å². The van der Waals surface area contributed by atoms with Crippen molar-refractivity contribution in [3.63, 3.8) is 0 Å². The number of halogens is 1. The van der Waals surface area contributed by atoms with E-state index in [4.69, 9.17) is 4.74 Å². The minimum absolute atomic E-state index is 0.255. The van der Waals surface area contributed by atoms with Gasteiger partial charge in [0.15, 0.2) is 0 Å². The summed E-state index contributed by atoms with van der Waals surface area (Å²) >= 11 is 3.00. The van der Waals surface area contributed by atoms with Gasteiger partial charge in [0.2, 0.25) is 0 Å². The van der Waals surface area contributed by atoms with E-state index in [1.165, 1.54) is 41.6 Å². The molecule has 4 rings (SSSR count). The van der Waals surface area contributed by atoms with Crippen molar-refractivity contribution in [3.8, 4) is 11.1 Å². The van der Waals surface area contributed by atoms with E-state index in [-0.39, 0.29) is 12.4 Å². The van der Waals surface area contributed by atoms with Gasteiger partial charge in [-0.1, -0.05) is 42.5 Å². The Morgan fingerprint density at radius 2 is 1.86 bits per heavy atom. The van der Waals surface area contributed by atoms with Gasteiger partial charge < -0.3 is 9.84 Å². The fourth-order valence-electron chi connectivity index (χ4n) is 2.91. The molecule has 0 saturated heterocycles. The molecule has 1 atom stereocenters. The van der Waals surface area contributed by atoms with Gasteiger partial charge in [0.05, 0.1) is 24.7 Å². The molecule has 0 unspecified atom stereocenters. The lowest BCUT2D eigenvalue weighted by Crippen LogP contribution is -2.18. The molecule has 0 saturated carbocycles. The highest BCUT2D eigenvalue weighted by atomic mass is 32.2. The second-order valence-corrected chi connectivity index (χ2v) is 8.35. The average molecular weight is 427 g/mol. The van der Waals surface area contributed by atoms with Crippen LogP contribution in [0.4, 0.5) is 4.39 Å². The van der Waals surface area contributed by atoms with Crippen LogP contribution < -0.4 is 0 Å². The summed E-state index contributed by atoms with van der Waals surface area (Å²) in [7, 11) is 0. The number of rotatable bonds is 8. The Kier molecular flexibility index (Phi) is 6.51. The highest BCUT2D eigenvalue weighted by Gasteiger charge is 2.15. The van der Waals surface area contributed by atoms with Gasteiger partial charge in [0, 0.05) is 16.7 Å². The fourth-order valence-corrected chi connectivity index (χ4v) is 4.81. The first-order chi connectivity index (χ1) is 14.2. The normalized spacial score (nSPS) is 12.3. The van der Waals surface area contributed by atoms with E-state index in [1.807, 2.05) is 35.7 Å². The highest BCUT2D eigenvalue weighted by molar-refractivity contribution is 7.99. The molecule has 7 heteroatoms. The van der Waals surface area contributed by atoms with Crippen LogP contribution in [0.2, 0.25) is 0 Å². The van der Waals surface area contributed by atoms with Gasteiger partial charge >= 0.3 is 0 Å². The van der Waals surface area contributed by atoms with E-state index in [2.05, 4.69) is 9.97 Å². The summed E-state index contributed by atoms with van der Waals surface area (Å²) in [4.78, 5) is 9.64. The van der Waals surface area contributed by atoms with Crippen molar-refractivity contribution in [2.45, 2.75) is 17.7 Å². The van der Waals surface area contributed by atoms with Gasteiger partial charge in [0.25, 0.3) is 0 Å². The predicted octanol–water partition coefficient (Wildman–Crippen LogP) is 5.17. The Bertz CT molecular complexity index is 1070. The molecule has 2 heterocycles. The number of fused-ring (bicyclic) bond motifs is 1. The van der Waals surface area contributed by atoms with E-state index >= 15 is 0 Å². The zero-order chi connectivity index (χ0) is 20.1. The van der Waals surface area contributed by atoms with Crippen LogP contribution in [0.25, 0.3) is 21.3 Å². The third-order valence-corrected chi connectivity index (χ3v) is 6.35. The molecular formula is C22H19FN2O2S2. The molecule has 0 aliphatic rings.